The first-order valence-electron chi connectivity index (χ1n) is 13.5. The number of thioether (sulfide) groups is 1. The average molecular weight is 617 g/mol. The lowest BCUT2D eigenvalue weighted by atomic mass is 10.1. The van der Waals surface area contributed by atoms with E-state index in [1.54, 1.807) is 74.5 Å². The maximum absolute atomic E-state index is 13.1. The Bertz CT molecular complexity index is 1640. The van der Waals surface area contributed by atoms with E-state index in [1.807, 2.05) is 36.4 Å². The fourth-order valence-corrected chi connectivity index (χ4v) is 5.55. The number of hydrogen-bond acceptors (Lipinski definition) is 7. The minimum absolute atomic E-state index is 0.0902. The molecule has 4 aromatic rings. The molecule has 1 aliphatic rings. The number of imide groups is 1. The predicted octanol–water partition coefficient (Wildman–Crippen LogP) is 7.11. The minimum atomic E-state index is -0.363. The second-order valence-corrected chi connectivity index (χ2v) is 11.2. The molecule has 10 heteroatoms. The van der Waals surface area contributed by atoms with Gasteiger partial charge in [-0.25, -0.2) is 0 Å². The molecular formula is C33H29ClN2O6S. The standard InChI is InChI=1S/C33H29ClN2O6S/c1-40-29-14-3-21(19-30(29)41-2)15-17-36-32(38)27-13-10-25(20-28(27)33(36)39)42-24-8-6-23(7-9-24)35-31(37)16-18-43-26-11-4-22(34)5-12-26/h3-14,19-20H,15-18H2,1-2H3,(H,35,37). The summed E-state index contributed by atoms with van der Waals surface area (Å²) in [6.07, 6.45) is 0.831. The predicted molar refractivity (Wildman–Crippen MR) is 167 cm³/mol. The van der Waals surface area contributed by atoms with Gasteiger partial charge in [0.15, 0.2) is 11.5 Å². The number of anilines is 1. The topological polar surface area (TPSA) is 94.2 Å². The zero-order valence-corrected chi connectivity index (χ0v) is 25.2. The molecule has 0 atom stereocenters. The van der Waals surface area contributed by atoms with Crippen LogP contribution in [0.5, 0.6) is 23.0 Å². The quantitative estimate of drug-likeness (QED) is 0.134. The Morgan fingerprint density at radius 2 is 1.51 bits per heavy atom. The van der Waals surface area contributed by atoms with Crippen LogP contribution < -0.4 is 19.5 Å². The van der Waals surface area contributed by atoms with Crippen molar-refractivity contribution in [2.24, 2.45) is 0 Å². The summed E-state index contributed by atoms with van der Waals surface area (Å²) in [6.45, 7) is 0.227. The highest BCUT2D eigenvalue weighted by Gasteiger charge is 2.35. The summed E-state index contributed by atoms with van der Waals surface area (Å²) >= 11 is 7.50. The van der Waals surface area contributed by atoms with Gasteiger partial charge in [0.25, 0.3) is 11.8 Å². The van der Waals surface area contributed by atoms with Crippen LogP contribution in [0.2, 0.25) is 5.02 Å². The lowest BCUT2D eigenvalue weighted by Crippen LogP contribution is -2.31. The average Bonchev–Trinajstić information content (AvgIpc) is 3.25. The molecular weight excluding hydrogens is 588 g/mol. The number of carbonyl (C=O) groups is 3. The molecule has 1 N–H and O–H groups in total. The Kier molecular flexibility index (Phi) is 9.54. The summed E-state index contributed by atoms with van der Waals surface area (Å²) in [5, 5.41) is 3.56. The molecule has 1 aliphatic heterocycles. The Morgan fingerprint density at radius 1 is 0.814 bits per heavy atom. The van der Waals surface area contributed by atoms with Gasteiger partial charge in [-0.05, 0) is 90.8 Å². The van der Waals surface area contributed by atoms with Crippen molar-refractivity contribution < 1.29 is 28.6 Å². The number of nitrogens with one attached hydrogen (secondary N) is 1. The number of fused-ring (bicyclic) bond motifs is 1. The molecule has 1 heterocycles. The monoisotopic (exact) mass is 616 g/mol. The maximum Gasteiger partial charge on any atom is 0.261 e. The normalized spacial score (nSPS) is 12.2. The van der Waals surface area contributed by atoms with Crippen LogP contribution in [0, 0.1) is 0 Å². The van der Waals surface area contributed by atoms with E-state index in [0.717, 1.165) is 10.5 Å². The van der Waals surface area contributed by atoms with Gasteiger partial charge in [0.05, 0.1) is 25.3 Å². The summed E-state index contributed by atoms with van der Waals surface area (Å²) in [6, 6.07) is 24.8. The van der Waals surface area contributed by atoms with E-state index < -0.39 is 0 Å². The van der Waals surface area contributed by atoms with Crippen molar-refractivity contribution in [3.8, 4) is 23.0 Å². The number of amides is 3. The first-order valence-corrected chi connectivity index (χ1v) is 14.9. The summed E-state index contributed by atoms with van der Waals surface area (Å²) in [4.78, 5) is 40.8. The minimum Gasteiger partial charge on any atom is -0.493 e. The fourth-order valence-electron chi connectivity index (χ4n) is 4.57. The van der Waals surface area contributed by atoms with Crippen LogP contribution in [0.3, 0.4) is 0 Å². The number of carbonyl (C=O) groups excluding carboxylic acids is 3. The summed E-state index contributed by atoms with van der Waals surface area (Å²) in [7, 11) is 3.12. The van der Waals surface area contributed by atoms with Gasteiger partial charge < -0.3 is 19.5 Å². The SMILES string of the molecule is COc1ccc(CCN2C(=O)c3ccc(Oc4ccc(NC(=O)CCSc5ccc(Cl)cc5)cc4)cc3C2=O)cc1OC. The van der Waals surface area contributed by atoms with E-state index in [0.29, 0.717) is 63.4 Å². The molecule has 0 aromatic heterocycles. The number of halogens is 1. The first kappa shape index (κ1) is 30.0. The Balaban J connectivity index is 1.14. The molecule has 0 fully saturated rings. The molecule has 220 valence electrons. The Labute approximate surface area is 258 Å². The van der Waals surface area contributed by atoms with Crippen molar-refractivity contribution in [2.75, 3.05) is 31.8 Å². The molecule has 0 spiro atoms. The van der Waals surface area contributed by atoms with Gasteiger partial charge in [0.1, 0.15) is 11.5 Å². The van der Waals surface area contributed by atoms with Gasteiger partial charge in [-0.1, -0.05) is 17.7 Å². The molecule has 8 nitrogen and oxygen atoms in total. The number of benzene rings is 4. The lowest BCUT2D eigenvalue weighted by Gasteiger charge is -2.14. The molecule has 3 amide bonds. The molecule has 43 heavy (non-hydrogen) atoms. The Hall–Kier alpha value is -4.47. The highest BCUT2D eigenvalue weighted by Crippen LogP contribution is 2.31. The van der Waals surface area contributed by atoms with Gasteiger partial charge in [-0.3, -0.25) is 19.3 Å². The van der Waals surface area contributed by atoms with Gasteiger partial charge >= 0.3 is 0 Å². The summed E-state index contributed by atoms with van der Waals surface area (Å²) < 4.78 is 16.6. The summed E-state index contributed by atoms with van der Waals surface area (Å²) in [5.41, 5.74) is 2.20. The molecule has 5 rings (SSSR count). The van der Waals surface area contributed by atoms with Crippen LogP contribution in [0.25, 0.3) is 0 Å². The maximum atomic E-state index is 13.1. The van der Waals surface area contributed by atoms with Crippen molar-refractivity contribution in [1.29, 1.82) is 0 Å². The van der Waals surface area contributed by atoms with Gasteiger partial charge in [-0.15, -0.1) is 11.8 Å². The third-order valence-electron chi connectivity index (χ3n) is 6.80. The lowest BCUT2D eigenvalue weighted by molar-refractivity contribution is -0.115. The second kappa shape index (κ2) is 13.7. The van der Waals surface area contributed by atoms with Crippen molar-refractivity contribution >= 4 is 46.8 Å². The van der Waals surface area contributed by atoms with Crippen LogP contribution in [-0.4, -0.2) is 49.1 Å². The van der Waals surface area contributed by atoms with Crippen LogP contribution in [0.1, 0.15) is 32.7 Å². The van der Waals surface area contributed by atoms with E-state index in [4.69, 9.17) is 25.8 Å². The zero-order valence-electron chi connectivity index (χ0n) is 23.6. The van der Waals surface area contributed by atoms with Crippen molar-refractivity contribution in [3.05, 3.63) is 107 Å². The number of hydrogen-bond donors (Lipinski definition) is 1. The second-order valence-electron chi connectivity index (χ2n) is 9.64. The van der Waals surface area contributed by atoms with Crippen molar-refractivity contribution in [1.82, 2.24) is 4.90 Å². The fraction of sp³-hybridized carbons (Fsp3) is 0.182. The van der Waals surface area contributed by atoms with E-state index >= 15 is 0 Å². The highest BCUT2D eigenvalue weighted by atomic mass is 35.5. The van der Waals surface area contributed by atoms with Crippen LogP contribution >= 0.6 is 23.4 Å². The molecule has 0 bridgehead atoms. The number of ether oxygens (including phenoxy) is 3. The van der Waals surface area contributed by atoms with E-state index in [9.17, 15) is 14.4 Å². The molecule has 0 radical (unpaired) electrons. The number of rotatable bonds is 12. The molecule has 0 saturated carbocycles. The van der Waals surface area contributed by atoms with Gasteiger partial charge in [-0.2, -0.15) is 0 Å². The molecule has 0 saturated heterocycles. The van der Waals surface area contributed by atoms with Gasteiger partial charge in [0.2, 0.25) is 5.91 Å². The van der Waals surface area contributed by atoms with E-state index in [2.05, 4.69) is 5.32 Å². The molecule has 4 aromatic carbocycles. The van der Waals surface area contributed by atoms with Crippen molar-refractivity contribution in [3.63, 3.8) is 0 Å². The van der Waals surface area contributed by atoms with Crippen LogP contribution in [-0.2, 0) is 11.2 Å². The summed E-state index contributed by atoms with van der Waals surface area (Å²) in [5.74, 6) is 2.01. The largest absolute Gasteiger partial charge is 0.493 e. The smallest absolute Gasteiger partial charge is 0.261 e. The zero-order chi connectivity index (χ0) is 30.3. The van der Waals surface area contributed by atoms with E-state index in [1.165, 1.54) is 4.90 Å². The number of methoxy groups -OCH3 is 2. The molecule has 0 aliphatic carbocycles. The first-order chi connectivity index (χ1) is 20.8. The highest BCUT2D eigenvalue weighted by molar-refractivity contribution is 7.99. The van der Waals surface area contributed by atoms with Gasteiger partial charge in [0, 0.05) is 34.3 Å². The van der Waals surface area contributed by atoms with Crippen LogP contribution in [0.15, 0.2) is 89.8 Å². The van der Waals surface area contributed by atoms with E-state index in [-0.39, 0.29) is 24.3 Å². The Morgan fingerprint density at radius 3 is 2.23 bits per heavy atom. The van der Waals surface area contributed by atoms with Crippen molar-refractivity contribution in [2.45, 2.75) is 17.7 Å². The number of nitrogens with zero attached hydrogens (tertiary/aromatic N) is 1. The third kappa shape index (κ3) is 7.31. The molecule has 0 unspecified atom stereocenters. The third-order valence-corrected chi connectivity index (χ3v) is 8.07. The van der Waals surface area contributed by atoms with Crippen LogP contribution in [0.4, 0.5) is 5.69 Å².